The second-order valence-corrected chi connectivity index (χ2v) is 5.94. The molecule has 0 atom stereocenters. The minimum absolute atomic E-state index is 0. The standard InChI is InChI=1S/C21H17N3O3.BrH/c22-20(26)16-10-12-24(13-11-16)14-19(25)15-6-8-18(9-7-15)23-21(27)17-4-2-1-3-5-17;/h1-13H,14H2,(H2-,22,23,25,26,27);1H. The zero-order chi connectivity index (χ0) is 19.2. The summed E-state index contributed by atoms with van der Waals surface area (Å²) < 4.78 is 1.67. The Morgan fingerprint density at radius 1 is 0.786 bits per heavy atom. The van der Waals surface area contributed by atoms with Gasteiger partial charge in [0.05, 0.1) is 5.56 Å². The molecular formula is C21H18BrN3O3. The number of halogens is 1. The van der Waals surface area contributed by atoms with Gasteiger partial charge in [-0.3, -0.25) is 14.4 Å². The first kappa shape index (κ1) is 21.0. The van der Waals surface area contributed by atoms with E-state index >= 15 is 0 Å². The van der Waals surface area contributed by atoms with Crippen LogP contribution in [0, 0.1) is 0 Å². The van der Waals surface area contributed by atoms with Crippen molar-refractivity contribution < 1.29 is 35.9 Å². The van der Waals surface area contributed by atoms with E-state index in [0.29, 0.717) is 22.4 Å². The third kappa shape index (κ3) is 5.34. The van der Waals surface area contributed by atoms with E-state index in [1.807, 2.05) is 6.07 Å². The minimum Gasteiger partial charge on any atom is -1.00 e. The van der Waals surface area contributed by atoms with Crippen molar-refractivity contribution in [1.29, 1.82) is 0 Å². The summed E-state index contributed by atoms with van der Waals surface area (Å²) in [5.41, 5.74) is 7.28. The molecular weight excluding hydrogens is 422 g/mol. The summed E-state index contributed by atoms with van der Waals surface area (Å²) in [4.78, 5) is 35.6. The van der Waals surface area contributed by atoms with Gasteiger partial charge in [0.25, 0.3) is 5.91 Å². The van der Waals surface area contributed by atoms with Gasteiger partial charge < -0.3 is 28.0 Å². The van der Waals surface area contributed by atoms with Gasteiger partial charge in [0.15, 0.2) is 12.4 Å². The van der Waals surface area contributed by atoms with Gasteiger partial charge in [-0.15, -0.1) is 0 Å². The molecule has 0 aliphatic rings. The van der Waals surface area contributed by atoms with Crippen molar-refractivity contribution in [3.63, 3.8) is 0 Å². The van der Waals surface area contributed by atoms with Crippen molar-refractivity contribution in [2.45, 2.75) is 6.54 Å². The summed E-state index contributed by atoms with van der Waals surface area (Å²) in [7, 11) is 0. The fourth-order valence-electron chi connectivity index (χ4n) is 2.52. The van der Waals surface area contributed by atoms with Gasteiger partial charge in [0.1, 0.15) is 0 Å². The Morgan fingerprint density at radius 2 is 1.39 bits per heavy atom. The van der Waals surface area contributed by atoms with Gasteiger partial charge in [-0.25, -0.2) is 0 Å². The Morgan fingerprint density at radius 3 is 1.96 bits per heavy atom. The Hall–Kier alpha value is -3.32. The smallest absolute Gasteiger partial charge is 0.255 e. The predicted molar refractivity (Wildman–Crippen MR) is 100 cm³/mol. The number of nitrogens with two attached hydrogens (primary N) is 1. The first-order valence-electron chi connectivity index (χ1n) is 8.31. The van der Waals surface area contributed by atoms with Gasteiger partial charge in [-0.1, -0.05) is 18.2 Å². The van der Waals surface area contributed by atoms with Crippen molar-refractivity contribution in [1.82, 2.24) is 0 Å². The first-order chi connectivity index (χ1) is 13.0. The first-order valence-corrected chi connectivity index (χ1v) is 8.31. The molecule has 0 saturated carbocycles. The number of carbonyl (C=O) groups excluding carboxylic acids is 3. The zero-order valence-electron chi connectivity index (χ0n) is 14.8. The number of amides is 2. The highest BCUT2D eigenvalue weighted by molar-refractivity contribution is 6.04. The Kier molecular flexibility index (Phi) is 7.17. The molecule has 0 bridgehead atoms. The number of ketones is 1. The highest BCUT2D eigenvalue weighted by atomic mass is 79.9. The molecule has 3 N–H and O–H groups in total. The quantitative estimate of drug-likeness (QED) is 0.389. The second kappa shape index (κ2) is 9.57. The molecule has 2 aromatic carbocycles. The lowest BCUT2D eigenvalue weighted by molar-refractivity contribution is -0.683. The molecule has 1 aromatic heterocycles. The molecule has 7 heteroatoms. The van der Waals surface area contributed by atoms with Crippen LogP contribution >= 0.6 is 0 Å². The molecule has 3 rings (SSSR count). The van der Waals surface area contributed by atoms with E-state index in [1.54, 1.807) is 77.6 Å². The zero-order valence-corrected chi connectivity index (χ0v) is 16.4. The highest BCUT2D eigenvalue weighted by Gasteiger charge is 2.13. The molecule has 0 aliphatic carbocycles. The average molecular weight is 440 g/mol. The van der Waals surface area contributed by atoms with Crippen molar-refractivity contribution in [3.8, 4) is 0 Å². The molecule has 142 valence electrons. The molecule has 0 saturated heterocycles. The Balaban J connectivity index is 0.00000280. The van der Waals surface area contributed by atoms with Crippen LogP contribution in [0.2, 0.25) is 0 Å². The number of Topliss-reactive ketones (excluding diaryl/α,β-unsaturated/α-hetero) is 1. The van der Waals surface area contributed by atoms with Gasteiger partial charge in [0, 0.05) is 28.9 Å². The van der Waals surface area contributed by atoms with E-state index < -0.39 is 5.91 Å². The summed E-state index contributed by atoms with van der Waals surface area (Å²) in [5, 5.41) is 2.79. The van der Waals surface area contributed by atoms with Gasteiger partial charge >= 0.3 is 0 Å². The number of pyridine rings is 1. The summed E-state index contributed by atoms with van der Waals surface area (Å²) in [6.07, 6.45) is 3.26. The number of anilines is 1. The summed E-state index contributed by atoms with van der Waals surface area (Å²) >= 11 is 0. The van der Waals surface area contributed by atoms with E-state index in [4.69, 9.17) is 5.73 Å². The molecule has 1 heterocycles. The van der Waals surface area contributed by atoms with Gasteiger partial charge in [-0.05, 0) is 36.4 Å². The number of benzene rings is 2. The number of hydrogen-bond donors (Lipinski definition) is 2. The van der Waals surface area contributed by atoms with Gasteiger partial charge in [0.2, 0.25) is 18.2 Å². The van der Waals surface area contributed by atoms with Crippen LogP contribution in [-0.2, 0) is 6.54 Å². The van der Waals surface area contributed by atoms with Crippen LogP contribution in [0.5, 0.6) is 0 Å². The number of nitrogens with one attached hydrogen (secondary N) is 1. The van der Waals surface area contributed by atoms with E-state index in [0.717, 1.165) is 0 Å². The summed E-state index contributed by atoms with van der Waals surface area (Å²) in [6, 6.07) is 18.7. The van der Waals surface area contributed by atoms with Crippen LogP contribution in [0.4, 0.5) is 5.69 Å². The third-order valence-electron chi connectivity index (χ3n) is 4.00. The second-order valence-electron chi connectivity index (χ2n) is 5.94. The maximum absolute atomic E-state index is 12.4. The van der Waals surface area contributed by atoms with Crippen LogP contribution in [0.3, 0.4) is 0 Å². The van der Waals surface area contributed by atoms with Crippen LogP contribution in [0.15, 0.2) is 79.1 Å². The normalized spacial score (nSPS) is 9.86. The minimum atomic E-state index is -0.512. The van der Waals surface area contributed by atoms with E-state index in [2.05, 4.69) is 5.32 Å². The number of carbonyl (C=O) groups is 3. The number of aromatic nitrogens is 1. The average Bonchev–Trinajstić information content (AvgIpc) is 2.69. The van der Waals surface area contributed by atoms with E-state index in [-0.39, 0.29) is 35.2 Å². The monoisotopic (exact) mass is 439 g/mol. The SMILES string of the molecule is NC(=O)c1cc[n+](CC(=O)c2ccc(NC(=O)c3ccccc3)cc2)cc1.[Br-]. The number of hydrogen-bond acceptors (Lipinski definition) is 3. The molecule has 3 aromatic rings. The van der Waals surface area contributed by atoms with Crippen molar-refractivity contribution in [2.75, 3.05) is 5.32 Å². The van der Waals surface area contributed by atoms with E-state index in [9.17, 15) is 14.4 Å². The lowest BCUT2D eigenvalue weighted by Crippen LogP contribution is -3.00. The van der Waals surface area contributed by atoms with Crippen molar-refractivity contribution in [2.24, 2.45) is 5.73 Å². The summed E-state index contributed by atoms with van der Waals surface area (Å²) in [5.74, 6) is -0.811. The Labute approximate surface area is 172 Å². The van der Waals surface area contributed by atoms with Crippen molar-refractivity contribution in [3.05, 3.63) is 95.8 Å². The lowest BCUT2D eigenvalue weighted by atomic mass is 10.1. The Bertz CT molecular complexity index is 972. The highest BCUT2D eigenvalue weighted by Crippen LogP contribution is 2.12. The summed E-state index contributed by atoms with van der Waals surface area (Å²) in [6.45, 7) is 0.134. The number of nitrogens with zero attached hydrogens (tertiary/aromatic N) is 1. The maximum atomic E-state index is 12.4. The number of rotatable bonds is 6. The topological polar surface area (TPSA) is 93.1 Å². The fraction of sp³-hybridized carbons (Fsp3) is 0.0476. The molecule has 0 radical (unpaired) electrons. The van der Waals surface area contributed by atoms with Crippen LogP contribution in [0.25, 0.3) is 0 Å². The molecule has 0 fully saturated rings. The van der Waals surface area contributed by atoms with Crippen LogP contribution < -0.4 is 32.6 Å². The molecule has 0 aliphatic heterocycles. The lowest BCUT2D eigenvalue weighted by Gasteiger charge is -2.06. The molecule has 6 nitrogen and oxygen atoms in total. The van der Waals surface area contributed by atoms with Gasteiger partial charge in [-0.2, -0.15) is 4.57 Å². The molecule has 28 heavy (non-hydrogen) atoms. The third-order valence-corrected chi connectivity index (χ3v) is 4.00. The molecule has 0 unspecified atom stereocenters. The van der Waals surface area contributed by atoms with E-state index in [1.165, 1.54) is 0 Å². The number of primary amides is 1. The predicted octanol–water partition coefficient (Wildman–Crippen LogP) is -0.788. The maximum Gasteiger partial charge on any atom is 0.255 e. The molecule has 0 spiro atoms. The molecule has 2 amide bonds. The van der Waals surface area contributed by atoms with Crippen LogP contribution in [0.1, 0.15) is 31.1 Å². The van der Waals surface area contributed by atoms with Crippen molar-refractivity contribution >= 4 is 23.3 Å². The largest absolute Gasteiger partial charge is 1.00 e. The fourth-order valence-corrected chi connectivity index (χ4v) is 2.52. The van der Waals surface area contributed by atoms with Crippen LogP contribution in [-0.4, -0.2) is 17.6 Å².